The average molecular weight is 208 g/mol. The van der Waals surface area contributed by atoms with E-state index in [1.165, 1.54) is 18.4 Å². The molecule has 0 N–H and O–H groups in total. The van der Waals surface area contributed by atoms with Crippen molar-refractivity contribution in [2.45, 2.75) is 33.6 Å². The molecule has 3 heteroatoms. The average Bonchev–Trinajstić information content (AvgIpc) is 3.01. The Morgan fingerprint density at radius 1 is 1.53 bits per heavy atom. The number of rotatable bonds is 4. The molecule has 1 rings (SSSR count). The molecule has 0 radical (unpaired) electrons. The highest BCUT2D eigenvalue weighted by Gasteiger charge is 2.22. The van der Waals surface area contributed by atoms with Gasteiger partial charge in [0, 0.05) is 6.20 Å². The first-order chi connectivity index (χ1) is 7.13. The van der Waals surface area contributed by atoms with Crippen LogP contribution in [0.25, 0.3) is 0 Å². The second-order valence-corrected chi connectivity index (χ2v) is 4.35. The summed E-state index contributed by atoms with van der Waals surface area (Å²) in [4.78, 5) is 7.92. The second kappa shape index (κ2) is 5.69. The summed E-state index contributed by atoms with van der Waals surface area (Å²) in [6, 6.07) is 0.391. The van der Waals surface area contributed by atoms with Gasteiger partial charge in [-0.1, -0.05) is 19.4 Å². The van der Waals surface area contributed by atoms with E-state index in [4.69, 9.17) is 4.74 Å². The van der Waals surface area contributed by atoms with Crippen molar-refractivity contribution in [2.24, 2.45) is 21.8 Å². The summed E-state index contributed by atoms with van der Waals surface area (Å²) in [5.74, 6) is 1.22. The van der Waals surface area contributed by atoms with Gasteiger partial charge in [-0.15, -0.1) is 0 Å². The molecule has 0 spiro atoms. The van der Waals surface area contributed by atoms with Gasteiger partial charge >= 0.3 is 6.02 Å². The zero-order valence-corrected chi connectivity index (χ0v) is 9.86. The summed E-state index contributed by atoms with van der Waals surface area (Å²) >= 11 is 0. The largest absolute Gasteiger partial charge is 0.463 e. The molecule has 0 aromatic carbocycles. The van der Waals surface area contributed by atoms with Crippen molar-refractivity contribution < 1.29 is 4.74 Å². The Labute approximate surface area is 92.0 Å². The topological polar surface area (TPSA) is 34.0 Å². The van der Waals surface area contributed by atoms with E-state index in [9.17, 15) is 0 Å². The van der Waals surface area contributed by atoms with Crippen molar-refractivity contribution in [3.63, 3.8) is 0 Å². The van der Waals surface area contributed by atoms with Crippen molar-refractivity contribution in [3.05, 3.63) is 11.8 Å². The van der Waals surface area contributed by atoms with Crippen LogP contribution in [-0.2, 0) is 4.74 Å². The van der Waals surface area contributed by atoms with Gasteiger partial charge in [0.25, 0.3) is 0 Å². The van der Waals surface area contributed by atoms with Crippen molar-refractivity contribution in [1.29, 1.82) is 0 Å². The first-order valence-corrected chi connectivity index (χ1v) is 5.47. The molecule has 1 aliphatic carbocycles. The van der Waals surface area contributed by atoms with Crippen LogP contribution in [0.3, 0.4) is 0 Å². The molecule has 1 aliphatic rings. The monoisotopic (exact) mass is 208 g/mol. The van der Waals surface area contributed by atoms with Crippen LogP contribution < -0.4 is 0 Å². The fraction of sp³-hybridized carbons (Fsp3) is 0.667. The van der Waals surface area contributed by atoms with E-state index in [-0.39, 0.29) is 0 Å². The van der Waals surface area contributed by atoms with E-state index >= 15 is 0 Å². The van der Waals surface area contributed by atoms with Crippen molar-refractivity contribution in [2.75, 3.05) is 6.61 Å². The standard InChI is InChI=1S/C12H20N2O/c1-9(2)10(3)7-14-12(13-4)15-8-11-5-6-11/h7,9,11H,4-6,8H2,1-3H3/b10-7+,14-12?. The summed E-state index contributed by atoms with van der Waals surface area (Å²) in [5.41, 5.74) is 1.21. The fourth-order valence-corrected chi connectivity index (χ4v) is 0.907. The molecular formula is C12H20N2O. The molecule has 1 fully saturated rings. The number of hydrogen-bond donors (Lipinski definition) is 0. The van der Waals surface area contributed by atoms with Crippen LogP contribution in [0.15, 0.2) is 21.8 Å². The van der Waals surface area contributed by atoms with Crippen LogP contribution in [0, 0.1) is 11.8 Å². The predicted molar refractivity (Wildman–Crippen MR) is 64.3 cm³/mol. The summed E-state index contributed by atoms with van der Waals surface area (Å²) in [7, 11) is 0. The molecule has 84 valence electrons. The van der Waals surface area contributed by atoms with Gasteiger partial charge in [-0.2, -0.15) is 0 Å². The highest BCUT2D eigenvalue weighted by Crippen LogP contribution is 2.28. The molecule has 15 heavy (non-hydrogen) atoms. The summed E-state index contributed by atoms with van der Waals surface area (Å²) in [5, 5.41) is 0. The third-order valence-corrected chi connectivity index (χ3v) is 2.57. The maximum Gasteiger partial charge on any atom is 0.315 e. The molecule has 0 aliphatic heterocycles. The van der Waals surface area contributed by atoms with Crippen LogP contribution in [-0.4, -0.2) is 19.3 Å². The molecule has 0 atom stereocenters. The fourth-order valence-electron chi connectivity index (χ4n) is 0.907. The Hall–Kier alpha value is -1.12. The van der Waals surface area contributed by atoms with Gasteiger partial charge in [-0.3, -0.25) is 0 Å². The minimum atomic E-state index is 0.391. The number of ether oxygens (including phenoxy) is 1. The minimum Gasteiger partial charge on any atom is -0.463 e. The van der Waals surface area contributed by atoms with Crippen LogP contribution in [0.1, 0.15) is 33.6 Å². The third-order valence-electron chi connectivity index (χ3n) is 2.57. The van der Waals surface area contributed by atoms with Crippen LogP contribution in [0.2, 0.25) is 0 Å². The second-order valence-electron chi connectivity index (χ2n) is 4.35. The number of hydrogen-bond acceptors (Lipinski definition) is 2. The van der Waals surface area contributed by atoms with E-state index in [1.807, 2.05) is 6.20 Å². The van der Waals surface area contributed by atoms with E-state index in [0.717, 1.165) is 6.61 Å². The van der Waals surface area contributed by atoms with Crippen molar-refractivity contribution >= 4 is 12.7 Å². The molecule has 0 amide bonds. The van der Waals surface area contributed by atoms with Crippen LogP contribution >= 0.6 is 0 Å². The maximum absolute atomic E-state index is 5.42. The van der Waals surface area contributed by atoms with Gasteiger partial charge in [-0.25, -0.2) is 9.98 Å². The molecular weight excluding hydrogens is 188 g/mol. The number of nitrogens with zero attached hydrogens (tertiary/aromatic N) is 2. The Kier molecular flexibility index (Phi) is 4.53. The first-order valence-electron chi connectivity index (χ1n) is 5.47. The zero-order valence-electron chi connectivity index (χ0n) is 9.86. The quantitative estimate of drug-likeness (QED) is 0.516. The van der Waals surface area contributed by atoms with Gasteiger partial charge in [0.1, 0.15) is 0 Å². The van der Waals surface area contributed by atoms with Gasteiger partial charge in [0.15, 0.2) is 0 Å². The highest BCUT2D eigenvalue weighted by atomic mass is 16.5. The summed E-state index contributed by atoms with van der Waals surface area (Å²) < 4.78 is 5.42. The Morgan fingerprint density at radius 2 is 2.20 bits per heavy atom. The van der Waals surface area contributed by atoms with Crippen molar-refractivity contribution in [1.82, 2.24) is 0 Å². The normalized spacial score (nSPS) is 18.1. The molecule has 0 aromatic rings. The van der Waals surface area contributed by atoms with Gasteiger partial charge in [-0.05, 0) is 38.3 Å². The number of aliphatic imine (C=N–C) groups is 2. The molecule has 1 saturated carbocycles. The van der Waals surface area contributed by atoms with Crippen molar-refractivity contribution in [3.8, 4) is 0 Å². The lowest BCUT2D eigenvalue weighted by atomic mass is 10.1. The predicted octanol–water partition coefficient (Wildman–Crippen LogP) is 3.03. The molecule has 3 nitrogen and oxygen atoms in total. The Balaban J connectivity index is 2.44. The Bertz CT molecular complexity index is 275. The Morgan fingerprint density at radius 3 is 2.67 bits per heavy atom. The third kappa shape index (κ3) is 4.77. The van der Waals surface area contributed by atoms with Crippen LogP contribution in [0.5, 0.6) is 0 Å². The minimum absolute atomic E-state index is 0.391. The smallest absolute Gasteiger partial charge is 0.315 e. The van der Waals surface area contributed by atoms with E-state index in [2.05, 4.69) is 37.5 Å². The summed E-state index contributed by atoms with van der Waals surface area (Å²) in [6.45, 7) is 10.5. The molecule has 0 heterocycles. The SMILES string of the molecule is C=NC(=N/C=C(\C)C(C)C)OCC1CC1. The molecule has 0 aromatic heterocycles. The molecule has 0 saturated heterocycles. The van der Waals surface area contributed by atoms with E-state index < -0.39 is 0 Å². The van der Waals surface area contributed by atoms with Gasteiger partial charge in [0.2, 0.25) is 0 Å². The highest BCUT2D eigenvalue weighted by molar-refractivity contribution is 5.79. The number of allylic oxidation sites excluding steroid dienone is 1. The lowest BCUT2D eigenvalue weighted by Gasteiger charge is -2.04. The van der Waals surface area contributed by atoms with Gasteiger partial charge in [0.05, 0.1) is 6.61 Å². The lowest BCUT2D eigenvalue weighted by Crippen LogP contribution is -2.04. The summed E-state index contributed by atoms with van der Waals surface area (Å²) in [6.07, 6.45) is 4.35. The lowest BCUT2D eigenvalue weighted by molar-refractivity contribution is 0.283. The number of amidine groups is 1. The molecule has 0 bridgehead atoms. The van der Waals surface area contributed by atoms with E-state index in [1.54, 1.807) is 0 Å². The van der Waals surface area contributed by atoms with Gasteiger partial charge < -0.3 is 4.74 Å². The van der Waals surface area contributed by atoms with E-state index in [0.29, 0.717) is 17.9 Å². The molecule has 0 unspecified atom stereocenters. The zero-order chi connectivity index (χ0) is 11.3. The first kappa shape index (κ1) is 12.0. The maximum atomic E-state index is 5.42. The van der Waals surface area contributed by atoms with Crippen LogP contribution in [0.4, 0.5) is 0 Å².